The molecule has 2 N–H and O–H groups in total. The largest absolute Gasteiger partial charge is 0.492 e. The molecular formula is C14H14ClNOS. The summed E-state index contributed by atoms with van der Waals surface area (Å²) in [4.78, 5) is 2.03. The Morgan fingerprint density at radius 1 is 1.22 bits per heavy atom. The number of nitrogen functional groups attached to an aromatic ring is 1. The molecule has 2 aromatic rings. The fourth-order valence-corrected chi connectivity index (χ4v) is 2.75. The number of anilines is 1. The van der Waals surface area contributed by atoms with Gasteiger partial charge in [0.1, 0.15) is 5.75 Å². The summed E-state index contributed by atoms with van der Waals surface area (Å²) >= 11 is 7.54. The maximum Gasteiger partial charge on any atom is 0.143 e. The average Bonchev–Trinajstić information content (AvgIpc) is 2.35. The Kier molecular flexibility index (Phi) is 4.39. The van der Waals surface area contributed by atoms with E-state index >= 15 is 0 Å². The van der Waals surface area contributed by atoms with Crippen LogP contribution in [0.25, 0.3) is 0 Å². The zero-order valence-electron chi connectivity index (χ0n) is 10.0. The second-order valence-corrected chi connectivity index (χ2v) is 5.21. The van der Waals surface area contributed by atoms with E-state index in [-0.39, 0.29) is 0 Å². The summed E-state index contributed by atoms with van der Waals surface area (Å²) in [5, 5.41) is 0.722. The highest BCUT2D eigenvalue weighted by Gasteiger charge is 2.07. The van der Waals surface area contributed by atoms with Crippen LogP contribution in [0.3, 0.4) is 0 Å². The molecule has 0 atom stereocenters. The molecule has 0 heterocycles. The van der Waals surface area contributed by atoms with Crippen LogP contribution < -0.4 is 10.5 Å². The zero-order chi connectivity index (χ0) is 13.0. The van der Waals surface area contributed by atoms with E-state index in [9.17, 15) is 0 Å². The number of ether oxygens (including phenoxy) is 1. The Morgan fingerprint density at radius 3 is 2.72 bits per heavy atom. The first-order valence-electron chi connectivity index (χ1n) is 5.65. The summed E-state index contributed by atoms with van der Waals surface area (Å²) in [6.45, 7) is 2.55. The highest BCUT2D eigenvalue weighted by Crippen LogP contribution is 2.37. The molecule has 4 heteroatoms. The van der Waals surface area contributed by atoms with E-state index in [1.807, 2.05) is 49.4 Å². The van der Waals surface area contributed by atoms with Crippen LogP contribution in [0.4, 0.5) is 5.69 Å². The second kappa shape index (κ2) is 6.03. The number of hydrogen-bond acceptors (Lipinski definition) is 3. The van der Waals surface area contributed by atoms with E-state index in [4.69, 9.17) is 22.1 Å². The maximum atomic E-state index is 6.08. The molecular weight excluding hydrogens is 266 g/mol. The Morgan fingerprint density at radius 2 is 2.00 bits per heavy atom. The first-order valence-corrected chi connectivity index (χ1v) is 6.85. The van der Waals surface area contributed by atoms with Crippen molar-refractivity contribution in [1.82, 2.24) is 0 Å². The molecule has 0 saturated heterocycles. The van der Waals surface area contributed by atoms with Crippen molar-refractivity contribution < 1.29 is 4.74 Å². The fourth-order valence-electron chi connectivity index (χ4n) is 1.55. The van der Waals surface area contributed by atoms with Crippen LogP contribution in [0.2, 0.25) is 5.02 Å². The van der Waals surface area contributed by atoms with Gasteiger partial charge in [0.25, 0.3) is 0 Å². The SMILES string of the molecule is CCOc1cccc(Sc2cccc(Cl)c2)c1N. The maximum absolute atomic E-state index is 6.08. The van der Waals surface area contributed by atoms with Crippen molar-refractivity contribution in [1.29, 1.82) is 0 Å². The highest BCUT2D eigenvalue weighted by atomic mass is 35.5. The molecule has 94 valence electrons. The normalized spacial score (nSPS) is 10.3. The van der Waals surface area contributed by atoms with Crippen LogP contribution in [0.1, 0.15) is 6.92 Å². The van der Waals surface area contributed by atoms with Gasteiger partial charge in [-0.25, -0.2) is 0 Å². The Labute approximate surface area is 116 Å². The van der Waals surface area contributed by atoms with E-state index in [2.05, 4.69) is 0 Å². The molecule has 0 aliphatic heterocycles. The third kappa shape index (κ3) is 3.12. The first kappa shape index (κ1) is 13.1. The van der Waals surface area contributed by atoms with Crippen LogP contribution in [0, 0.1) is 0 Å². The molecule has 2 nitrogen and oxygen atoms in total. The predicted octanol–water partition coefficient (Wildman–Crippen LogP) is 4.47. The minimum atomic E-state index is 0.607. The topological polar surface area (TPSA) is 35.2 Å². The second-order valence-electron chi connectivity index (χ2n) is 3.66. The highest BCUT2D eigenvalue weighted by molar-refractivity contribution is 7.99. The van der Waals surface area contributed by atoms with Crippen molar-refractivity contribution in [3.63, 3.8) is 0 Å². The Hall–Kier alpha value is -1.32. The van der Waals surface area contributed by atoms with Gasteiger partial charge in [0.15, 0.2) is 0 Å². The van der Waals surface area contributed by atoms with Crippen molar-refractivity contribution in [2.24, 2.45) is 0 Å². The minimum absolute atomic E-state index is 0.607. The molecule has 0 saturated carbocycles. The summed E-state index contributed by atoms with van der Waals surface area (Å²) in [6.07, 6.45) is 0. The lowest BCUT2D eigenvalue weighted by Gasteiger charge is -2.10. The van der Waals surface area contributed by atoms with Gasteiger partial charge in [0.05, 0.1) is 12.3 Å². The lowest BCUT2D eigenvalue weighted by molar-refractivity contribution is 0.341. The van der Waals surface area contributed by atoms with E-state index < -0.39 is 0 Å². The number of benzene rings is 2. The first-order chi connectivity index (χ1) is 8.70. The Bertz CT molecular complexity index is 545. The molecule has 0 amide bonds. The van der Waals surface area contributed by atoms with Gasteiger partial charge < -0.3 is 10.5 Å². The predicted molar refractivity (Wildman–Crippen MR) is 77.6 cm³/mol. The molecule has 2 aromatic carbocycles. The summed E-state index contributed by atoms with van der Waals surface area (Å²) < 4.78 is 5.47. The molecule has 2 rings (SSSR count). The van der Waals surface area contributed by atoms with Crippen molar-refractivity contribution in [2.75, 3.05) is 12.3 Å². The molecule has 0 unspecified atom stereocenters. The van der Waals surface area contributed by atoms with E-state index in [1.54, 1.807) is 11.8 Å². The van der Waals surface area contributed by atoms with Gasteiger partial charge in [-0.2, -0.15) is 0 Å². The molecule has 0 fully saturated rings. The van der Waals surface area contributed by atoms with E-state index in [0.717, 1.165) is 20.6 Å². The van der Waals surface area contributed by atoms with Gasteiger partial charge in [0.2, 0.25) is 0 Å². The van der Waals surface area contributed by atoms with Crippen LogP contribution >= 0.6 is 23.4 Å². The standard InChI is InChI=1S/C14H14ClNOS/c1-2-17-12-7-4-8-13(14(12)16)18-11-6-3-5-10(15)9-11/h3-9H,2,16H2,1H3. The Balaban J connectivity index is 2.26. The van der Waals surface area contributed by atoms with Crippen molar-refractivity contribution in [3.8, 4) is 5.75 Å². The van der Waals surface area contributed by atoms with Gasteiger partial charge in [0, 0.05) is 14.8 Å². The molecule has 0 bridgehead atoms. The smallest absolute Gasteiger partial charge is 0.143 e. The van der Waals surface area contributed by atoms with Crippen molar-refractivity contribution in [2.45, 2.75) is 16.7 Å². The summed E-state index contributed by atoms with van der Waals surface area (Å²) in [7, 11) is 0. The number of rotatable bonds is 4. The van der Waals surface area contributed by atoms with E-state index in [0.29, 0.717) is 12.3 Å². The number of halogens is 1. The van der Waals surface area contributed by atoms with Crippen LogP contribution in [0.5, 0.6) is 5.75 Å². The van der Waals surface area contributed by atoms with Gasteiger partial charge in [-0.15, -0.1) is 0 Å². The summed E-state index contributed by atoms with van der Waals surface area (Å²) in [6, 6.07) is 13.5. The summed E-state index contributed by atoms with van der Waals surface area (Å²) in [5.74, 6) is 0.726. The third-order valence-corrected chi connectivity index (χ3v) is 3.65. The molecule has 0 aliphatic rings. The van der Waals surface area contributed by atoms with Crippen LogP contribution in [-0.4, -0.2) is 6.61 Å². The van der Waals surface area contributed by atoms with Crippen LogP contribution in [-0.2, 0) is 0 Å². The fraction of sp³-hybridized carbons (Fsp3) is 0.143. The van der Waals surface area contributed by atoms with Crippen LogP contribution in [0.15, 0.2) is 52.3 Å². The third-order valence-electron chi connectivity index (χ3n) is 2.35. The lowest BCUT2D eigenvalue weighted by Crippen LogP contribution is -1.97. The molecule has 0 aliphatic carbocycles. The quantitative estimate of drug-likeness (QED) is 0.839. The molecule has 0 radical (unpaired) electrons. The zero-order valence-corrected chi connectivity index (χ0v) is 11.6. The van der Waals surface area contributed by atoms with Gasteiger partial charge in [-0.05, 0) is 37.3 Å². The van der Waals surface area contributed by atoms with Crippen molar-refractivity contribution >= 4 is 29.1 Å². The molecule has 0 spiro atoms. The van der Waals surface area contributed by atoms with Crippen molar-refractivity contribution in [3.05, 3.63) is 47.5 Å². The summed E-state index contributed by atoms with van der Waals surface area (Å²) in [5.41, 5.74) is 6.75. The molecule has 18 heavy (non-hydrogen) atoms. The lowest BCUT2D eigenvalue weighted by atomic mass is 10.3. The average molecular weight is 280 g/mol. The minimum Gasteiger partial charge on any atom is -0.492 e. The monoisotopic (exact) mass is 279 g/mol. The number of para-hydroxylation sites is 1. The van der Waals surface area contributed by atoms with Gasteiger partial charge in [-0.3, -0.25) is 0 Å². The number of hydrogen-bond donors (Lipinski definition) is 1. The molecule has 0 aromatic heterocycles. The van der Waals surface area contributed by atoms with Gasteiger partial charge in [-0.1, -0.05) is 35.5 Å². The van der Waals surface area contributed by atoms with E-state index in [1.165, 1.54) is 0 Å². The number of nitrogens with two attached hydrogens (primary N) is 1. The van der Waals surface area contributed by atoms with Gasteiger partial charge >= 0.3 is 0 Å².